The maximum absolute atomic E-state index is 6.56. The summed E-state index contributed by atoms with van der Waals surface area (Å²) < 4.78 is 19.1. The van der Waals surface area contributed by atoms with Gasteiger partial charge in [-0.05, 0) is 56.9 Å². The molecule has 200 valence electrons. The number of para-hydroxylation sites is 3. The molecule has 3 nitrogen and oxygen atoms in total. The molecular weight excluding hydrogens is 528 g/mol. The number of rotatable bonds is 2. The molecule has 3 heteroatoms. The molecule has 0 aliphatic heterocycles. The van der Waals surface area contributed by atoms with Crippen molar-refractivity contribution in [2.75, 3.05) is 0 Å². The molecule has 10 aromatic rings. The van der Waals surface area contributed by atoms with Crippen LogP contribution in [0.1, 0.15) is 0 Å². The minimum absolute atomic E-state index is 0.811. The molecule has 0 aliphatic carbocycles. The summed E-state index contributed by atoms with van der Waals surface area (Å²) in [5.74, 6) is 0. The van der Waals surface area contributed by atoms with Gasteiger partial charge >= 0.3 is 0 Å². The summed E-state index contributed by atoms with van der Waals surface area (Å²) in [4.78, 5) is 0. The summed E-state index contributed by atoms with van der Waals surface area (Å²) >= 11 is 0. The molecule has 0 radical (unpaired) electrons. The fourth-order valence-electron chi connectivity index (χ4n) is 7.18. The summed E-state index contributed by atoms with van der Waals surface area (Å²) in [6.45, 7) is 0. The first-order valence-electron chi connectivity index (χ1n) is 14.5. The standard InChI is InChI=1S/C40H22O3/c1-3-13-26-24(11-1)36(31-17-9-16-28-23-10-5-7-18-33(23)42-39(28)31)25-12-2-4-14-27(25)37(26)32-22-35-30(20-21-41-35)40-38(32)29-15-6-8-19-34(29)43-40/h1-22H. The molecule has 0 saturated heterocycles. The van der Waals surface area contributed by atoms with Crippen LogP contribution in [0.25, 0.3) is 98.6 Å². The highest BCUT2D eigenvalue weighted by atomic mass is 16.3. The lowest BCUT2D eigenvalue weighted by Crippen LogP contribution is -1.91. The monoisotopic (exact) mass is 550 g/mol. The minimum atomic E-state index is 0.811. The fraction of sp³-hybridized carbons (Fsp3) is 0. The predicted octanol–water partition coefficient (Wildman–Crippen LogP) is 11.9. The summed E-state index contributed by atoms with van der Waals surface area (Å²) in [5, 5.41) is 10.1. The number of fused-ring (bicyclic) bond motifs is 10. The van der Waals surface area contributed by atoms with Gasteiger partial charge in [-0.2, -0.15) is 0 Å². The number of hydrogen-bond donors (Lipinski definition) is 0. The van der Waals surface area contributed by atoms with Crippen molar-refractivity contribution in [1.29, 1.82) is 0 Å². The minimum Gasteiger partial charge on any atom is -0.464 e. The molecule has 0 spiro atoms. The van der Waals surface area contributed by atoms with Crippen molar-refractivity contribution < 1.29 is 13.3 Å². The molecular formula is C40H22O3. The van der Waals surface area contributed by atoms with Crippen LogP contribution < -0.4 is 0 Å². The highest BCUT2D eigenvalue weighted by molar-refractivity contribution is 6.29. The number of furan rings is 3. The van der Waals surface area contributed by atoms with Crippen LogP contribution in [0, 0.1) is 0 Å². The molecule has 0 fully saturated rings. The van der Waals surface area contributed by atoms with E-state index >= 15 is 0 Å². The van der Waals surface area contributed by atoms with E-state index in [4.69, 9.17) is 13.3 Å². The van der Waals surface area contributed by atoms with Gasteiger partial charge in [-0.25, -0.2) is 0 Å². The molecule has 0 atom stereocenters. The van der Waals surface area contributed by atoms with Gasteiger partial charge in [-0.1, -0.05) is 103 Å². The zero-order chi connectivity index (χ0) is 28.1. The Bertz CT molecular complexity index is 2680. The van der Waals surface area contributed by atoms with Crippen molar-refractivity contribution in [2.45, 2.75) is 0 Å². The van der Waals surface area contributed by atoms with Crippen LogP contribution in [0.4, 0.5) is 0 Å². The lowest BCUT2D eigenvalue weighted by molar-refractivity contribution is 0.615. The highest BCUT2D eigenvalue weighted by Crippen LogP contribution is 2.49. The van der Waals surface area contributed by atoms with Crippen molar-refractivity contribution in [3.8, 4) is 22.3 Å². The van der Waals surface area contributed by atoms with E-state index in [9.17, 15) is 0 Å². The number of hydrogen-bond acceptors (Lipinski definition) is 3. The SMILES string of the molecule is c1ccc2c(c1)oc1c(-c3c4ccccc4c(-c4cc5occc5c5oc6ccccc6c45)c4ccccc34)cccc12. The molecule has 0 amide bonds. The lowest BCUT2D eigenvalue weighted by Gasteiger charge is -2.18. The Labute approximate surface area is 245 Å². The van der Waals surface area contributed by atoms with Gasteiger partial charge in [0.25, 0.3) is 0 Å². The van der Waals surface area contributed by atoms with E-state index in [0.29, 0.717) is 0 Å². The van der Waals surface area contributed by atoms with E-state index < -0.39 is 0 Å². The van der Waals surface area contributed by atoms with Crippen LogP contribution in [0.5, 0.6) is 0 Å². The Hall–Kier alpha value is -5.80. The van der Waals surface area contributed by atoms with Crippen molar-refractivity contribution in [3.05, 3.63) is 134 Å². The van der Waals surface area contributed by atoms with Crippen molar-refractivity contribution in [2.24, 2.45) is 0 Å². The largest absolute Gasteiger partial charge is 0.464 e. The van der Waals surface area contributed by atoms with E-state index in [-0.39, 0.29) is 0 Å². The van der Waals surface area contributed by atoms with Gasteiger partial charge in [0, 0.05) is 32.7 Å². The summed E-state index contributed by atoms with van der Waals surface area (Å²) in [6.07, 6.45) is 1.74. The molecule has 43 heavy (non-hydrogen) atoms. The third-order valence-electron chi connectivity index (χ3n) is 8.95. The zero-order valence-corrected chi connectivity index (χ0v) is 22.9. The first-order valence-corrected chi connectivity index (χ1v) is 14.5. The Morgan fingerprint density at radius 2 is 0.884 bits per heavy atom. The van der Waals surface area contributed by atoms with Crippen LogP contribution in [-0.2, 0) is 0 Å². The Balaban J connectivity index is 1.41. The molecule has 3 aromatic heterocycles. The van der Waals surface area contributed by atoms with Gasteiger partial charge in [0.15, 0.2) is 0 Å². The summed E-state index contributed by atoms with van der Waals surface area (Å²) in [7, 11) is 0. The van der Waals surface area contributed by atoms with E-state index in [1.54, 1.807) is 6.26 Å². The predicted molar refractivity (Wildman–Crippen MR) is 177 cm³/mol. The van der Waals surface area contributed by atoms with Gasteiger partial charge in [0.1, 0.15) is 27.9 Å². The molecule has 0 unspecified atom stereocenters. The van der Waals surface area contributed by atoms with Gasteiger partial charge in [-0.3, -0.25) is 0 Å². The fourth-order valence-corrected chi connectivity index (χ4v) is 7.18. The van der Waals surface area contributed by atoms with Gasteiger partial charge in [0.05, 0.1) is 11.6 Å². The average Bonchev–Trinajstić information content (AvgIpc) is 3.78. The Kier molecular flexibility index (Phi) is 4.45. The van der Waals surface area contributed by atoms with Crippen molar-refractivity contribution in [3.63, 3.8) is 0 Å². The smallest absolute Gasteiger partial charge is 0.147 e. The van der Waals surface area contributed by atoms with E-state index in [0.717, 1.165) is 66.0 Å². The third-order valence-corrected chi connectivity index (χ3v) is 8.95. The van der Waals surface area contributed by atoms with Crippen molar-refractivity contribution >= 4 is 76.4 Å². The molecule has 10 rings (SSSR count). The van der Waals surface area contributed by atoms with Crippen molar-refractivity contribution in [1.82, 2.24) is 0 Å². The molecule has 7 aromatic carbocycles. The topological polar surface area (TPSA) is 39.4 Å². The number of benzene rings is 7. The second-order valence-electron chi connectivity index (χ2n) is 11.2. The summed E-state index contributed by atoms with van der Waals surface area (Å²) in [5.41, 5.74) is 8.87. The van der Waals surface area contributed by atoms with Gasteiger partial charge in [-0.15, -0.1) is 0 Å². The third kappa shape index (κ3) is 3.03. The molecule has 0 saturated carbocycles. The lowest BCUT2D eigenvalue weighted by atomic mass is 9.84. The maximum Gasteiger partial charge on any atom is 0.147 e. The average molecular weight is 551 g/mol. The molecule has 3 heterocycles. The van der Waals surface area contributed by atoms with Gasteiger partial charge in [0.2, 0.25) is 0 Å². The second kappa shape index (κ2) is 8.37. The zero-order valence-electron chi connectivity index (χ0n) is 22.9. The second-order valence-corrected chi connectivity index (χ2v) is 11.2. The van der Waals surface area contributed by atoms with E-state index in [1.165, 1.54) is 32.7 Å². The van der Waals surface area contributed by atoms with Crippen LogP contribution in [0.2, 0.25) is 0 Å². The van der Waals surface area contributed by atoms with Crippen LogP contribution in [0.3, 0.4) is 0 Å². The van der Waals surface area contributed by atoms with E-state index in [1.807, 2.05) is 30.3 Å². The Morgan fingerprint density at radius 1 is 0.349 bits per heavy atom. The quantitative estimate of drug-likeness (QED) is 0.201. The molecule has 0 N–H and O–H groups in total. The first kappa shape index (κ1) is 22.8. The van der Waals surface area contributed by atoms with E-state index in [2.05, 4.69) is 97.1 Å². The molecule has 0 aliphatic rings. The van der Waals surface area contributed by atoms with Crippen LogP contribution in [0.15, 0.2) is 147 Å². The summed E-state index contributed by atoms with van der Waals surface area (Å²) in [6, 6.07) is 44.7. The maximum atomic E-state index is 6.56. The van der Waals surface area contributed by atoms with Crippen LogP contribution >= 0.6 is 0 Å². The normalized spacial score (nSPS) is 12.2. The Morgan fingerprint density at radius 3 is 1.58 bits per heavy atom. The molecule has 0 bridgehead atoms. The van der Waals surface area contributed by atoms with Gasteiger partial charge < -0.3 is 13.3 Å². The highest BCUT2D eigenvalue weighted by Gasteiger charge is 2.24. The van der Waals surface area contributed by atoms with Crippen LogP contribution in [-0.4, -0.2) is 0 Å². The first-order chi connectivity index (χ1) is 21.3.